The number of carbonyl (C=O) groups is 1. The summed E-state index contributed by atoms with van der Waals surface area (Å²) in [5.74, 6) is 0.527. The van der Waals surface area contributed by atoms with Crippen molar-refractivity contribution in [3.05, 3.63) is 23.3 Å². The Morgan fingerprint density at radius 3 is 2.38 bits per heavy atom. The molecule has 0 rings (SSSR count). The molecule has 0 radical (unpaired) electrons. The molecule has 1 atom stereocenters. The highest BCUT2D eigenvalue weighted by Gasteiger charge is 1.99. The molecule has 0 amide bonds. The Kier molecular flexibility index (Phi) is 8.88. The maximum atomic E-state index is 10.3. The van der Waals surface area contributed by atoms with Gasteiger partial charge in [0.25, 0.3) is 0 Å². The van der Waals surface area contributed by atoms with Crippen LogP contribution in [0.4, 0.5) is 0 Å². The first-order chi connectivity index (χ1) is 7.56. The average molecular weight is 222 g/mol. The lowest BCUT2D eigenvalue weighted by Gasteiger charge is -2.05. The number of rotatable bonds is 8. The third kappa shape index (κ3) is 9.70. The second kappa shape index (κ2) is 9.38. The predicted molar refractivity (Wildman–Crippen MR) is 71.5 cm³/mol. The lowest BCUT2D eigenvalue weighted by molar-refractivity contribution is -0.108. The molecule has 1 nitrogen and oxygen atoms in total. The maximum Gasteiger partial charge on any atom is 0.120 e. The Morgan fingerprint density at radius 2 is 1.81 bits per heavy atom. The zero-order valence-electron chi connectivity index (χ0n) is 11.3. The van der Waals surface area contributed by atoms with Crippen LogP contribution in [0.3, 0.4) is 0 Å². The summed E-state index contributed by atoms with van der Waals surface area (Å²) in [7, 11) is 0. The number of hydrogen-bond acceptors (Lipinski definition) is 1. The zero-order chi connectivity index (χ0) is 12.4. The molecule has 0 unspecified atom stereocenters. The third-order valence-corrected chi connectivity index (χ3v) is 2.74. The lowest BCUT2D eigenvalue weighted by atomic mass is 10.0. The molecule has 0 N–H and O–H groups in total. The molecule has 0 aliphatic heterocycles. The van der Waals surface area contributed by atoms with Gasteiger partial charge in [0.1, 0.15) is 6.29 Å². The molecule has 0 aromatic rings. The van der Waals surface area contributed by atoms with E-state index in [0.29, 0.717) is 12.3 Å². The molecule has 0 saturated carbocycles. The minimum absolute atomic E-state index is 0.527. The highest BCUT2D eigenvalue weighted by molar-refractivity contribution is 5.49. The Labute approximate surface area is 101 Å². The van der Waals surface area contributed by atoms with E-state index in [9.17, 15) is 4.79 Å². The van der Waals surface area contributed by atoms with Crippen LogP contribution < -0.4 is 0 Å². The summed E-state index contributed by atoms with van der Waals surface area (Å²) in [6, 6.07) is 0. The van der Waals surface area contributed by atoms with Gasteiger partial charge < -0.3 is 4.79 Å². The molecule has 0 saturated heterocycles. The first-order valence-electron chi connectivity index (χ1n) is 6.29. The molecule has 0 fully saturated rings. The van der Waals surface area contributed by atoms with E-state index in [1.54, 1.807) is 0 Å². The van der Waals surface area contributed by atoms with Crippen LogP contribution in [0, 0.1) is 5.92 Å². The van der Waals surface area contributed by atoms with Gasteiger partial charge in [-0.1, -0.05) is 30.2 Å². The van der Waals surface area contributed by atoms with E-state index in [2.05, 4.69) is 39.8 Å². The molecule has 0 bridgehead atoms. The van der Waals surface area contributed by atoms with Gasteiger partial charge in [-0.25, -0.2) is 0 Å². The molecular formula is C15H26O. The first kappa shape index (κ1) is 15.2. The topological polar surface area (TPSA) is 17.1 Å². The zero-order valence-corrected chi connectivity index (χ0v) is 11.3. The van der Waals surface area contributed by atoms with Crippen LogP contribution >= 0.6 is 0 Å². The summed E-state index contributed by atoms with van der Waals surface area (Å²) in [4.78, 5) is 10.3. The SMILES string of the molecule is CC(C)=CCC/C(C)=C/CC[C@@H](C)CC=O. The Hall–Kier alpha value is -0.850. The van der Waals surface area contributed by atoms with Crippen molar-refractivity contribution in [2.75, 3.05) is 0 Å². The van der Waals surface area contributed by atoms with Crippen molar-refractivity contribution < 1.29 is 4.79 Å². The van der Waals surface area contributed by atoms with E-state index in [1.807, 2.05) is 0 Å². The maximum absolute atomic E-state index is 10.3. The fourth-order valence-electron chi connectivity index (χ4n) is 1.59. The van der Waals surface area contributed by atoms with Gasteiger partial charge in [-0.2, -0.15) is 0 Å². The van der Waals surface area contributed by atoms with Gasteiger partial charge in [0.15, 0.2) is 0 Å². The molecule has 0 aromatic carbocycles. The van der Waals surface area contributed by atoms with Crippen LogP contribution in [-0.4, -0.2) is 6.29 Å². The van der Waals surface area contributed by atoms with Gasteiger partial charge in [0, 0.05) is 6.42 Å². The van der Waals surface area contributed by atoms with E-state index >= 15 is 0 Å². The number of hydrogen-bond donors (Lipinski definition) is 0. The van der Waals surface area contributed by atoms with Gasteiger partial charge in [-0.05, 0) is 52.4 Å². The average Bonchev–Trinajstić information content (AvgIpc) is 2.17. The summed E-state index contributed by atoms with van der Waals surface area (Å²) < 4.78 is 0. The normalized spacial score (nSPS) is 13.4. The van der Waals surface area contributed by atoms with Crippen LogP contribution in [-0.2, 0) is 4.79 Å². The summed E-state index contributed by atoms with van der Waals surface area (Å²) >= 11 is 0. The summed E-state index contributed by atoms with van der Waals surface area (Å²) in [5, 5.41) is 0. The second-order valence-electron chi connectivity index (χ2n) is 4.96. The number of allylic oxidation sites excluding steroid dienone is 4. The van der Waals surface area contributed by atoms with Crippen molar-refractivity contribution in [3.8, 4) is 0 Å². The summed E-state index contributed by atoms with van der Waals surface area (Å²) in [6.45, 7) is 8.62. The van der Waals surface area contributed by atoms with Crippen molar-refractivity contribution in [1.82, 2.24) is 0 Å². The predicted octanol–water partition coefficient (Wildman–Crippen LogP) is 4.68. The lowest BCUT2D eigenvalue weighted by Crippen LogP contribution is -1.94. The molecule has 0 aliphatic rings. The highest BCUT2D eigenvalue weighted by Crippen LogP contribution is 2.12. The molecule has 1 heteroatoms. The fourth-order valence-corrected chi connectivity index (χ4v) is 1.59. The van der Waals surface area contributed by atoms with Gasteiger partial charge in [-0.15, -0.1) is 0 Å². The van der Waals surface area contributed by atoms with Crippen LogP contribution in [0.15, 0.2) is 23.3 Å². The first-order valence-corrected chi connectivity index (χ1v) is 6.29. The van der Waals surface area contributed by atoms with Gasteiger partial charge in [-0.3, -0.25) is 0 Å². The molecule has 16 heavy (non-hydrogen) atoms. The van der Waals surface area contributed by atoms with E-state index < -0.39 is 0 Å². The van der Waals surface area contributed by atoms with Crippen LogP contribution in [0.1, 0.15) is 59.8 Å². The molecule has 92 valence electrons. The quantitative estimate of drug-likeness (QED) is 0.430. The Bertz CT molecular complexity index is 244. The Morgan fingerprint density at radius 1 is 1.12 bits per heavy atom. The largest absolute Gasteiger partial charge is 0.303 e. The molecule has 0 spiro atoms. The summed E-state index contributed by atoms with van der Waals surface area (Å²) in [5.41, 5.74) is 2.86. The number of carbonyl (C=O) groups excluding carboxylic acids is 1. The molecular weight excluding hydrogens is 196 g/mol. The monoisotopic (exact) mass is 222 g/mol. The smallest absolute Gasteiger partial charge is 0.120 e. The third-order valence-electron chi connectivity index (χ3n) is 2.74. The van der Waals surface area contributed by atoms with E-state index in [4.69, 9.17) is 0 Å². The van der Waals surface area contributed by atoms with E-state index in [1.165, 1.54) is 11.1 Å². The Balaban J connectivity index is 3.70. The van der Waals surface area contributed by atoms with Crippen molar-refractivity contribution in [3.63, 3.8) is 0 Å². The van der Waals surface area contributed by atoms with Crippen LogP contribution in [0.5, 0.6) is 0 Å². The van der Waals surface area contributed by atoms with E-state index in [0.717, 1.165) is 32.0 Å². The second-order valence-corrected chi connectivity index (χ2v) is 4.96. The highest BCUT2D eigenvalue weighted by atomic mass is 16.1. The van der Waals surface area contributed by atoms with Crippen LogP contribution in [0.2, 0.25) is 0 Å². The summed E-state index contributed by atoms with van der Waals surface area (Å²) in [6.07, 6.45) is 10.9. The van der Waals surface area contributed by atoms with Crippen molar-refractivity contribution in [1.29, 1.82) is 0 Å². The minimum atomic E-state index is 0.527. The van der Waals surface area contributed by atoms with Crippen molar-refractivity contribution >= 4 is 6.29 Å². The van der Waals surface area contributed by atoms with Gasteiger partial charge in [0.2, 0.25) is 0 Å². The van der Waals surface area contributed by atoms with Crippen molar-refractivity contribution in [2.45, 2.75) is 59.8 Å². The number of aldehydes is 1. The molecule has 0 aliphatic carbocycles. The van der Waals surface area contributed by atoms with Crippen molar-refractivity contribution in [2.24, 2.45) is 5.92 Å². The fraction of sp³-hybridized carbons (Fsp3) is 0.667. The van der Waals surface area contributed by atoms with Gasteiger partial charge >= 0.3 is 0 Å². The van der Waals surface area contributed by atoms with E-state index in [-0.39, 0.29) is 0 Å². The van der Waals surface area contributed by atoms with Crippen LogP contribution in [0.25, 0.3) is 0 Å². The molecule has 0 heterocycles. The minimum Gasteiger partial charge on any atom is -0.303 e. The molecule has 0 aromatic heterocycles. The van der Waals surface area contributed by atoms with Gasteiger partial charge in [0.05, 0.1) is 0 Å². The standard InChI is InChI=1S/C15H26O/c1-13(2)7-5-8-14(3)9-6-10-15(4)11-12-16/h7,9,12,15H,5-6,8,10-11H2,1-4H3/b14-9+/t15-/m1/s1.